The molecule has 4 rings (SSSR count). The minimum Gasteiger partial charge on any atom is -0.293 e. The number of benzene rings is 1. The van der Waals surface area contributed by atoms with Crippen molar-refractivity contribution >= 4 is 26.8 Å². The molecule has 4 nitrogen and oxygen atoms in total. The van der Waals surface area contributed by atoms with E-state index in [1.165, 1.54) is 12.8 Å². The standard InChI is InChI=1S/C14H14BrN3O/c15-9-3-4-11-12(6-9)16-13-8-17-5-1-2-10(17)7-18(13)14(11)19/h3-4,6,10H,1-2,5,7-8H2. The Morgan fingerprint density at radius 3 is 3.16 bits per heavy atom. The molecule has 1 aromatic heterocycles. The molecule has 2 aromatic rings. The first-order chi connectivity index (χ1) is 9.22. The number of rotatable bonds is 0. The lowest BCUT2D eigenvalue weighted by molar-refractivity contribution is 0.181. The summed E-state index contributed by atoms with van der Waals surface area (Å²) in [5, 5.41) is 0.721. The summed E-state index contributed by atoms with van der Waals surface area (Å²) < 4.78 is 2.84. The fraction of sp³-hybridized carbons (Fsp3) is 0.429. The molecule has 2 aliphatic rings. The molecule has 0 saturated carbocycles. The highest BCUT2D eigenvalue weighted by molar-refractivity contribution is 9.10. The Morgan fingerprint density at radius 1 is 1.37 bits per heavy atom. The van der Waals surface area contributed by atoms with Gasteiger partial charge in [0.25, 0.3) is 5.56 Å². The van der Waals surface area contributed by atoms with Crippen LogP contribution in [0.5, 0.6) is 0 Å². The van der Waals surface area contributed by atoms with E-state index in [-0.39, 0.29) is 5.56 Å². The number of aromatic nitrogens is 2. The van der Waals surface area contributed by atoms with Crippen molar-refractivity contribution in [1.29, 1.82) is 0 Å². The van der Waals surface area contributed by atoms with Crippen LogP contribution in [-0.4, -0.2) is 27.0 Å². The number of nitrogens with zero attached hydrogens (tertiary/aromatic N) is 3. The average Bonchev–Trinajstić information content (AvgIpc) is 2.84. The van der Waals surface area contributed by atoms with Gasteiger partial charge in [0.05, 0.1) is 17.4 Å². The van der Waals surface area contributed by atoms with Gasteiger partial charge in [-0.1, -0.05) is 15.9 Å². The first kappa shape index (κ1) is 11.6. The zero-order valence-corrected chi connectivity index (χ0v) is 12.1. The minimum atomic E-state index is 0.110. The summed E-state index contributed by atoms with van der Waals surface area (Å²) in [4.78, 5) is 19.7. The van der Waals surface area contributed by atoms with Crippen molar-refractivity contribution < 1.29 is 0 Å². The lowest BCUT2D eigenvalue weighted by Gasteiger charge is -2.31. The molecule has 0 amide bonds. The first-order valence-corrected chi connectivity index (χ1v) is 7.45. The van der Waals surface area contributed by atoms with Crippen molar-refractivity contribution in [3.05, 3.63) is 38.9 Å². The molecule has 1 aromatic carbocycles. The Bertz CT molecular complexity index is 724. The molecular weight excluding hydrogens is 306 g/mol. The Labute approximate surface area is 119 Å². The van der Waals surface area contributed by atoms with Gasteiger partial charge < -0.3 is 0 Å². The van der Waals surface area contributed by atoms with Crippen LogP contribution >= 0.6 is 15.9 Å². The van der Waals surface area contributed by atoms with Crippen LogP contribution in [0.25, 0.3) is 10.9 Å². The van der Waals surface area contributed by atoms with Crippen LogP contribution in [0.3, 0.4) is 0 Å². The Kier molecular flexibility index (Phi) is 2.53. The Morgan fingerprint density at radius 2 is 2.26 bits per heavy atom. The van der Waals surface area contributed by atoms with Crippen LogP contribution in [-0.2, 0) is 13.1 Å². The molecule has 19 heavy (non-hydrogen) atoms. The number of hydrogen-bond acceptors (Lipinski definition) is 3. The molecule has 2 aliphatic heterocycles. The largest absolute Gasteiger partial charge is 0.293 e. The number of halogens is 1. The van der Waals surface area contributed by atoms with Crippen LogP contribution in [0.4, 0.5) is 0 Å². The van der Waals surface area contributed by atoms with E-state index in [4.69, 9.17) is 0 Å². The summed E-state index contributed by atoms with van der Waals surface area (Å²) in [6.07, 6.45) is 2.43. The highest BCUT2D eigenvalue weighted by Crippen LogP contribution is 2.25. The van der Waals surface area contributed by atoms with Gasteiger partial charge in [0.15, 0.2) is 0 Å². The van der Waals surface area contributed by atoms with E-state index in [9.17, 15) is 4.79 Å². The molecule has 1 unspecified atom stereocenters. The molecule has 0 radical (unpaired) electrons. The van der Waals surface area contributed by atoms with Gasteiger partial charge in [0.2, 0.25) is 0 Å². The summed E-state index contributed by atoms with van der Waals surface area (Å²) in [7, 11) is 0. The summed E-state index contributed by atoms with van der Waals surface area (Å²) >= 11 is 3.44. The van der Waals surface area contributed by atoms with Crippen LogP contribution in [0.2, 0.25) is 0 Å². The lowest BCUT2D eigenvalue weighted by atomic mass is 10.1. The minimum absolute atomic E-state index is 0.110. The van der Waals surface area contributed by atoms with Gasteiger partial charge in [-0.2, -0.15) is 0 Å². The SMILES string of the molecule is O=c1c2ccc(Br)cc2nc2n1CC1CCCN1C2. The zero-order valence-electron chi connectivity index (χ0n) is 10.5. The smallest absolute Gasteiger partial charge is 0.261 e. The molecule has 0 aliphatic carbocycles. The van der Waals surface area contributed by atoms with Crippen molar-refractivity contribution in [3.63, 3.8) is 0 Å². The monoisotopic (exact) mass is 319 g/mol. The molecular formula is C14H14BrN3O. The van der Waals surface area contributed by atoms with Crippen molar-refractivity contribution in [1.82, 2.24) is 14.5 Å². The van der Waals surface area contributed by atoms with Crippen molar-refractivity contribution in [2.45, 2.75) is 32.0 Å². The maximum atomic E-state index is 12.6. The van der Waals surface area contributed by atoms with Crippen LogP contribution in [0, 0.1) is 0 Å². The first-order valence-electron chi connectivity index (χ1n) is 6.65. The normalized spacial score (nSPS) is 22.5. The topological polar surface area (TPSA) is 38.1 Å². The third-order valence-corrected chi connectivity index (χ3v) is 4.73. The van der Waals surface area contributed by atoms with Crippen LogP contribution < -0.4 is 5.56 Å². The highest BCUT2D eigenvalue weighted by atomic mass is 79.9. The number of fused-ring (bicyclic) bond motifs is 3. The van der Waals surface area contributed by atoms with Gasteiger partial charge in [-0.3, -0.25) is 14.3 Å². The fourth-order valence-corrected chi connectivity index (χ4v) is 3.60. The molecule has 98 valence electrons. The molecule has 1 atom stereocenters. The second-order valence-corrected chi connectivity index (χ2v) is 6.29. The third kappa shape index (κ3) is 1.75. The van der Waals surface area contributed by atoms with E-state index in [0.29, 0.717) is 6.04 Å². The second kappa shape index (κ2) is 4.15. The Balaban J connectivity index is 1.95. The maximum absolute atomic E-state index is 12.6. The van der Waals surface area contributed by atoms with E-state index >= 15 is 0 Å². The van der Waals surface area contributed by atoms with E-state index < -0.39 is 0 Å². The van der Waals surface area contributed by atoms with Crippen molar-refractivity contribution in [3.8, 4) is 0 Å². The zero-order chi connectivity index (χ0) is 13.0. The van der Waals surface area contributed by atoms with E-state index in [1.807, 2.05) is 22.8 Å². The predicted octanol–water partition coefficient (Wildman–Crippen LogP) is 2.14. The summed E-state index contributed by atoms with van der Waals surface area (Å²) in [5.41, 5.74) is 0.905. The van der Waals surface area contributed by atoms with E-state index in [1.54, 1.807) is 0 Å². The summed E-state index contributed by atoms with van der Waals surface area (Å²) in [6.45, 7) is 2.74. The maximum Gasteiger partial charge on any atom is 0.261 e. The van der Waals surface area contributed by atoms with Gasteiger partial charge in [0, 0.05) is 17.1 Å². The van der Waals surface area contributed by atoms with Crippen molar-refractivity contribution in [2.75, 3.05) is 6.54 Å². The van der Waals surface area contributed by atoms with Gasteiger partial charge >= 0.3 is 0 Å². The van der Waals surface area contributed by atoms with E-state index in [0.717, 1.165) is 40.8 Å². The van der Waals surface area contributed by atoms with Gasteiger partial charge in [-0.15, -0.1) is 0 Å². The predicted molar refractivity (Wildman–Crippen MR) is 77.1 cm³/mol. The van der Waals surface area contributed by atoms with Gasteiger partial charge in [-0.05, 0) is 37.6 Å². The van der Waals surface area contributed by atoms with Gasteiger partial charge in [-0.25, -0.2) is 4.98 Å². The van der Waals surface area contributed by atoms with Gasteiger partial charge in [0.1, 0.15) is 5.82 Å². The van der Waals surface area contributed by atoms with E-state index in [2.05, 4.69) is 25.8 Å². The lowest BCUT2D eigenvalue weighted by Crippen LogP contribution is -2.43. The summed E-state index contributed by atoms with van der Waals surface area (Å²) in [5.74, 6) is 0.911. The molecule has 1 fully saturated rings. The quantitative estimate of drug-likeness (QED) is 0.746. The Hall–Kier alpha value is -1.20. The van der Waals surface area contributed by atoms with Crippen LogP contribution in [0.15, 0.2) is 27.5 Å². The van der Waals surface area contributed by atoms with Crippen molar-refractivity contribution in [2.24, 2.45) is 0 Å². The molecule has 0 bridgehead atoms. The average molecular weight is 320 g/mol. The van der Waals surface area contributed by atoms with Crippen LogP contribution in [0.1, 0.15) is 18.7 Å². The fourth-order valence-electron chi connectivity index (χ4n) is 3.25. The third-order valence-electron chi connectivity index (χ3n) is 4.23. The molecule has 3 heterocycles. The highest BCUT2D eigenvalue weighted by Gasteiger charge is 2.31. The second-order valence-electron chi connectivity index (χ2n) is 5.37. The molecule has 0 spiro atoms. The number of hydrogen-bond donors (Lipinski definition) is 0. The molecule has 1 saturated heterocycles. The molecule has 0 N–H and O–H groups in total. The summed E-state index contributed by atoms with van der Waals surface area (Å²) in [6, 6.07) is 6.22. The molecule has 5 heteroatoms.